The molecule has 1 rings (SSSR count). The van der Waals surface area contributed by atoms with Crippen molar-refractivity contribution >= 4 is 11.5 Å². The van der Waals surface area contributed by atoms with Crippen LogP contribution in [0.1, 0.15) is 46.4 Å². The molecule has 0 radical (unpaired) electrons. The number of hydrogen-bond donors (Lipinski definition) is 2. The summed E-state index contributed by atoms with van der Waals surface area (Å²) in [7, 11) is 0. The number of hydrogen-bond acceptors (Lipinski definition) is 5. The molecule has 0 aliphatic heterocycles. The largest absolute Gasteiger partial charge is 0.476 e. The molecule has 1 heterocycles. The number of ether oxygens (including phenoxy) is 1. The van der Waals surface area contributed by atoms with Crippen molar-refractivity contribution in [3.8, 4) is 5.88 Å². The lowest BCUT2D eigenvalue weighted by Crippen LogP contribution is -2.16. The van der Waals surface area contributed by atoms with E-state index in [1.165, 1.54) is 0 Å². The molecule has 0 saturated carbocycles. The predicted octanol–water partition coefficient (Wildman–Crippen LogP) is 2.40. The van der Waals surface area contributed by atoms with Crippen molar-refractivity contribution in [3.63, 3.8) is 0 Å². The van der Waals surface area contributed by atoms with E-state index < -0.39 is 0 Å². The zero-order valence-electron chi connectivity index (χ0n) is 11.2. The third-order valence-electron chi connectivity index (χ3n) is 2.15. The van der Waals surface area contributed by atoms with Crippen molar-refractivity contribution in [2.75, 3.05) is 17.7 Å². The highest BCUT2D eigenvalue weighted by Crippen LogP contribution is 2.28. The van der Waals surface area contributed by atoms with Gasteiger partial charge < -0.3 is 15.8 Å². The molecule has 3 N–H and O–H groups in total. The summed E-state index contributed by atoms with van der Waals surface area (Å²) >= 11 is 0. The number of nitrogen functional groups attached to an aromatic ring is 1. The van der Waals surface area contributed by atoms with Crippen LogP contribution in [-0.2, 0) is 0 Å². The normalized spacial score (nSPS) is 11.0. The van der Waals surface area contributed by atoms with Crippen molar-refractivity contribution in [2.45, 2.75) is 46.6 Å². The van der Waals surface area contributed by atoms with Crippen molar-refractivity contribution < 1.29 is 4.74 Å². The van der Waals surface area contributed by atoms with Gasteiger partial charge >= 0.3 is 0 Å². The molecule has 0 aromatic carbocycles. The third kappa shape index (κ3) is 3.47. The van der Waals surface area contributed by atoms with Crippen LogP contribution in [0.2, 0.25) is 0 Å². The topological polar surface area (TPSA) is 73.1 Å². The Bertz CT molecular complexity index is 377. The molecule has 0 fully saturated rings. The second-order valence-corrected chi connectivity index (χ2v) is 4.54. The minimum atomic E-state index is 0.238. The average Bonchev–Trinajstić information content (AvgIpc) is 2.23. The molecule has 5 nitrogen and oxygen atoms in total. The van der Waals surface area contributed by atoms with Crippen LogP contribution in [0.3, 0.4) is 0 Å². The van der Waals surface area contributed by atoms with Gasteiger partial charge in [0, 0.05) is 12.0 Å². The van der Waals surface area contributed by atoms with Gasteiger partial charge in [-0.05, 0) is 20.8 Å². The fourth-order valence-electron chi connectivity index (χ4n) is 1.35. The SMILES string of the molecule is CCOc1nc(C(C)C)nc(NC(C)C)c1N. The lowest BCUT2D eigenvalue weighted by atomic mass is 10.2. The van der Waals surface area contributed by atoms with Crippen LogP contribution in [0, 0.1) is 0 Å². The van der Waals surface area contributed by atoms with E-state index in [-0.39, 0.29) is 12.0 Å². The fraction of sp³-hybridized carbons (Fsp3) is 0.667. The Labute approximate surface area is 103 Å². The molecule has 0 bridgehead atoms. The van der Waals surface area contributed by atoms with E-state index in [9.17, 15) is 0 Å². The summed E-state index contributed by atoms with van der Waals surface area (Å²) in [5.41, 5.74) is 6.45. The molecule has 5 heteroatoms. The summed E-state index contributed by atoms with van der Waals surface area (Å²) < 4.78 is 5.43. The molecule has 0 saturated heterocycles. The molecular formula is C12H22N4O. The van der Waals surface area contributed by atoms with Crippen LogP contribution < -0.4 is 15.8 Å². The van der Waals surface area contributed by atoms with Gasteiger partial charge in [-0.3, -0.25) is 0 Å². The highest BCUT2D eigenvalue weighted by Gasteiger charge is 2.15. The molecule has 0 unspecified atom stereocenters. The van der Waals surface area contributed by atoms with Crippen molar-refractivity contribution in [1.29, 1.82) is 0 Å². The second-order valence-electron chi connectivity index (χ2n) is 4.54. The summed E-state index contributed by atoms with van der Waals surface area (Å²) in [6, 6.07) is 0.265. The van der Waals surface area contributed by atoms with Crippen LogP contribution in [0.15, 0.2) is 0 Å². The van der Waals surface area contributed by atoms with Crippen LogP contribution in [0.25, 0.3) is 0 Å². The van der Waals surface area contributed by atoms with Gasteiger partial charge in [0.25, 0.3) is 0 Å². The summed E-state index contributed by atoms with van der Waals surface area (Å²) in [5.74, 6) is 2.10. The van der Waals surface area contributed by atoms with Gasteiger partial charge in [-0.2, -0.15) is 4.98 Å². The van der Waals surface area contributed by atoms with Crippen LogP contribution >= 0.6 is 0 Å². The molecular weight excluding hydrogens is 216 g/mol. The second kappa shape index (κ2) is 5.70. The highest BCUT2D eigenvalue weighted by molar-refractivity contribution is 5.67. The molecule has 0 amide bonds. The highest BCUT2D eigenvalue weighted by atomic mass is 16.5. The van der Waals surface area contributed by atoms with E-state index in [2.05, 4.69) is 15.3 Å². The van der Waals surface area contributed by atoms with E-state index in [1.54, 1.807) is 0 Å². The quantitative estimate of drug-likeness (QED) is 0.824. The van der Waals surface area contributed by atoms with Crippen LogP contribution in [-0.4, -0.2) is 22.6 Å². The molecule has 0 aliphatic rings. The van der Waals surface area contributed by atoms with Gasteiger partial charge in [-0.25, -0.2) is 4.98 Å². The first-order valence-electron chi connectivity index (χ1n) is 6.02. The Morgan fingerprint density at radius 3 is 2.35 bits per heavy atom. The maximum absolute atomic E-state index is 5.97. The summed E-state index contributed by atoms with van der Waals surface area (Å²) in [4.78, 5) is 8.76. The van der Waals surface area contributed by atoms with E-state index >= 15 is 0 Å². The van der Waals surface area contributed by atoms with Gasteiger partial charge in [0.1, 0.15) is 11.5 Å². The minimum absolute atomic E-state index is 0.238. The predicted molar refractivity (Wildman–Crippen MR) is 70.5 cm³/mol. The van der Waals surface area contributed by atoms with E-state index in [0.29, 0.717) is 24.0 Å². The van der Waals surface area contributed by atoms with Gasteiger partial charge in [0.05, 0.1) is 6.61 Å². The van der Waals surface area contributed by atoms with Crippen molar-refractivity contribution in [1.82, 2.24) is 9.97 Å². The average molecular weight is 238 g/mol. The Morgan fingerprint density at radius 2 is 1.88 bits per heavy atom. The van der Waals surface area contributed by atoms with Gasteiger partial charge in [0.15, 0.2) is 5.82 Å². The lowest BCUT2D eigenvalue weighted by Gasteiger charge is -2.16. The Kier molecular flexibility index (Phi) is 4.54. The summed E-state index contributed by atoms with van der Waals surface area (Å²) in [6.07, 6.45) is 0. The summed E-state index contributed by atoms with van der Waals surface area (Å²) in [6.45, 7) is 10.6. The Balaban J connectivity index is 3.17. The van der Waals surface area contributed by atoms with E-state index in [0.717, 1.165) is 5.82 Å². The van der Waals surface area contributed by atoms with E-state index in [4.69, 9.17) is 10.5 Å². The maximum Gasteiger partial charge on any atom is 0.242 e. The number of nitrogens with zero attached hydrogens (tertiary/aromatic N) is 2. The molecule has 0 aliphatic carbocycles. The number of rotatable bonds is 5. The van der Waals surface area contributed by atoms with Gasteiger partial charge in [0.2, 0.25) is 5.88 Å². The lowest BCUT2D eigenvalue weighted by molar-refractivity contribution is 0.326. The molecule has 96 valence electrons. The van der Waals surface area contributed by atoms with Crippen LogP contribution in [0.4, 0.5) is 11.5 Å². The monoisotopic (exact) mass is 238 g/mol. The van der Waals surface area contributed by atoms with E-state index in [1.807, 2.05) is 34.6 Å². The number of aromatic nitrogens is 2. The fourth-order valence-corrected chi connectivity index (χ4v) is 1.35. The zero-order chi connectivity index (χ0) is 13.0. The number of nitrogens with two attached hydrogens (primary N) is 1. The summed E-state index contributed by atoms with van der Waals surface area (Å²) in [5, 5.41) is 3.21. The molecule has 0 spiro atoms. The van der Waals surface area contributed by atoms with Crippen molar-refractivity contribution in [3.05, 3.63) is 5.82 Å². The van der Waals surface area contributed by atoms with Crippen molar-refractivity contribution in [2.24, 2.45) is 0 Å². The van der Waals surface area contributed by atoms with Gasteiger partial charge in [-0.15, -0.1) is 0 Å². The Hall–Kier alpha value is -1.52. The number of anilines is 2. The zero-order valence-corrected chi connectivity index (χ0v) is 11.2. The minimum Gasteiger partial charge on any atom is -0.476 e. The standard InChI is InChI=1S/C12H22N4O/c1-6-17-12-9(13)11(14-8(4)5)15-10(16-12)7(2)3/h7-8H,6,13H2,1-5H3,(H,14,15,16). The molecule has 0 atom stereocenters. The number of nitrogens with one attached hydrogen (secondary N) is 1. The van der Waals surface area contributed by atoms with Crippen LogP contribution in [0.5, 0.6) is 5.88 Å². The smallest absolute Gasteiger partial charge is 0.242 e. The Morgan fingerprint density at radius 1 is 1.24 bits per heavy atom. The first-order chi connectivity index (χ1) is 7.95. The molecule has 17 heavy (non-hydrogen) atoms. The first kappa shape index (κ1) is 13.5. The maximum atomic E-state index is 5.97. The molecule has 1 aromatic rings. The van der Waals surface area contributed by atoms with Gasteiger partial charge in [-0.1, -0.05) is 13.8 Å². The molecule has 1 aromatic heterocycles. The first-order valence-corrected chi connectivity index (χ1v) is 6.02. The third-order valence-corrected chi connectivity index (χ3v) is 2.15.